The van der Waals surface area contributed by atoms with Crippen LogP contribution in [-0.4, -0.2) is 21.0 Å². The number of rotatable bonds is 2. The van der Waals surface area contributed by atoms with Crippen LogP contribution < -0.4 is 0 Å². The summed E-state index contributed by atoms with van der Waals surface area (Å²) in [5.74, 6) is -0.993. The number of carboxylic acids is 1. The fourth-order valence-corrected chi connectivity index (χ4v) is 2.22. The molecule has 0 saturated heterocycles. The van der Waals surface area contributed by atoms with Gasteiger partial charge in [-0.2, -0.15) is 0 Å². The molecule has 3 aromatic rings. The highest BCUT2D eigenvalue weighted by Gasteiger charge is 2.10. The zero-order valence-electron chi connectivity index (χ0n) is 10.2. The second kappa shape index (κ2) is 4.90. The monoisotopic (exact) mass is 284 g/mol. The molecular weight excluding hydrogens is 276 g/mol. The SMILES string of the molecule is O=C(O)c1cccc2ccc(-c3ccnc(Cl)c3)nc12. The third kappa shape index (κ3) is 2.21. The molecule has 0 aliphatic rings. The van der Waals surface area contributed by atoms with E-state index >= 15 is 0 Å². The Morgan fingerprint density at radius 3 is 2.75 bits per heavy atom. The van der Waals surface area contributed by atoms with E-state index in [1.54, 1.807) is 30.5 Å². The highest BCUT2D eigenvalue weighted by Crippen LogP contribution is 2.24. The van der Waals surface area contributed by atoms with Gasteiger partial charge in [-0.05, 0) is 24.3 Å². The van der Waals surface area contributed by atoms with Gasteiger partial charge < -0.3 is 5.11 Å². The number of para-hydroxylation sites is 1. The Kier molecular flexibility index (Phi) is 3.08. The number of carboxylic acid groups (broad SMARTS) is 1. The molecule has 0 bridgehead atoms. The quantitative estimate of drug-likeness (QED) is 0.730. The first-order valence-electron chi connectivity index (χ1n) is 5.90. The van der Waals surface area contributed by atoms with Gasteiger partial charge in [-0.15, -0.1) is 0 Å². The summed E-state index contributed by atoms with van der Waals surface area (Å²) in [6.07, 6.45) is 1.59. The third-order valence-electron chi connectivity index (χ3n) is 2.97. The minimum absolute atomic E-state index is 0.185. The number of benzene rings is 1. The van der Waals surface area contributed by atoms with E-state index in [9.17, 15) is 9.90 Å². The van der Waals surface area contributed by atoms with Gasteiger partial charge >= 0.3 is 5.97 Å². The summed E-state index contributed by atoms with van der Waals surface area (Å²) in [7, 11) is 0. The minimum atomic E-state index is -0.993. The first-order valence-corrected chi connectivity index (χ1v) is 6.28. The molecule has 0 aliphatic carbocycles. The molecule has 20 heavy (non-hydrogen) atoms. The smallest absolute Gasteiger partial charge is 0.337 e. The Morgan fingerprint density at radius 2 is 2.00 bits per heavy atom. The van der Waals surface area contributed by atoms with E-state index in [0.29, 0.717) is 16.4 Å². The lowest BCUT2D eigenvalue weighted by Crippen LogP contribution is -1.99. The van der Waals surface area contributed by atoms with Crippen LogP contribution in [-0.2, 0) is 0 Å². The number of hydrogen-bond acceptors (Lipinski definition) is 3. The van der Waals surface area contributed by atoms with Crippen LogP contribution in [0.25, 0.3) is 22.2 Å². The maximum Gasteiger partial charge on any atom is 0.337 e. The zero-order valence-corrected chi connectivity index (χ0v) is 11.0. The standard InChI is InChI=1S/C15H9ClN2O2/c16-13-8-10(6-7-17-13)12-5-4-9-2-1-3-11(15(19)20)14(9)18-12/h1-8H,(H,19,20). The van der Waals surface area contributed by atoms with Crippen LogP contribution in [0.3, 0.4) is 0 Å². The van der Waals surface area contributed by atoms with Gasteiger partial charge in [-0.1, -0.05) is 29.8 Å². The molecule has 2 heterocycles. The molecule has 98 valence electrons. The lowest BCUT2D eigenvalue weighted by atomic mass is 10.1. The van der Waals surface area contributed by atoms with Crippen LogP contribution >= 0.6 is 11.6 Å². The van der Waals surface area contributed by atoms with E-state index in [1.807, 2.05) is 18.2 Å². The first-order chi connectivity index (χ1) is 9.65. The third-order valence-corrected chi connectivity index (χ3v) is 3.18. The molecule has 1 N–H and O–H groups in total. The van der Waals surface area contributed by atoms with Crippen molar-refractivity contribution in [3.63, 3.8) is 0 Å². The Labute approximate surface area is 119 Å². The topological polar surface area (TPSA) is 63.1 Å². The molecule has 0 spiro atoms. The molecule has 0 saturated carbocycles. The van der Waals surface area contributed by atoms with Crippen LogP contribution in [0.5, 0.6) is 0 Å². The summed E-state index contributed by atoms with van der Waals surface area (Å²) in [5.41, 5.74) is 2.11. The van der Waals surface area contributed by atoms with Crippen molar-refractivity contribution >= 4 is 28.5 Å². The van der Waals surface area contributed by atoms with Crippen molar-refractivity contribution < 1.29 is 9.90 Å². The molecule has 2 aromatic heterocycles. The molecule has 0 radical (unpaired) electrons. The number of carbonyl (C=O) groups is 1. The molecule has 1 aromatic carbocycles. The Balaban J connectivity index is 2.24. The first kappa shape index (κ1) is 12.6. The summed E-state index contributed by atoms with van der Waals surface area (Å²) in [5, 5.41) is 10.4. The van der Waals surface area contributed by atoms with E-state index in [0.717, 1.165) is 10.9 Å². The van der Waals surface area contributed by atoms with Crippen LogP contribution in [0.1, 0.15) is 10.4 Å². The number of nitrogens with zero attached hydrogens (tertiary/aromatic N) is 2. The molecule has 5 heteroatoms. The molecule has 3 rings (SSSR count). The van der Waals surface area contributed by atoms with Crippen molar-refractivity contribution in [1.82, 2.24) is 9.97 Å². The zero-order chi connectivity index (χ0) is 14.1. The van der Waals surface area contributed by atoms with Gasteiger partial charge in [-0.3, -0.25) is 0 Å². The Morgan fingerprint density at radius 1 is 1.15 bits per heavy atom. The second-order valence-electron chi connectivity index (χ2n) is 4.25. The predicted molar refractivity (Wildman–Crippen MR) is 76.9 cm³/mol. The van der Waals surface area contributed by atoms with E-state index in [4.69, 9.17) is 11.6 Å². The van der Waals surface area contributed by atoms with Gasteiger partial charge in [0.15, 0.2) is 0 Å². The summed E-state index contributed by atoms with van der Waals surface area (Å²) in [6, 6.07) is 12.2. The second-order valence-corrected chi connectivity index (χ2v) is 4.63. The number of fused-ring (bicyclic) bond motifs is 1. The van der Waals surface area contributed by atoms with Crippen LogP contribution in [0.2, 0.25) is 5.15 Å². The van der Waals surface area contributed by atoms with Gasteiger partial charge in [0.1, 0.15) is 5.15 Å². The number of hydrogen-bond donors (Lipinski definition) is 1. The highest BCUT2D eigenvalue weighted by molar-refractivity contribution is 6.29. The average molecular weight is 285 g/mol. The number of halogens is 1. The van der Waals surface area contributed by atoms with Crippen molar-refractivity contribution in [2.75, 3.05) is 0 Å². The summed E-state index contributed by atoms with van der Waals surface area (Å²) < 4.78 is 0. The lowest BCUT2D eigenvalue weighted by molar-refractivity contribution is 0.0699. The molecule has 0 atom stereocenters. The van der Waals surface area contributed by atoms with E-state index in [2.05, 4.69) is 9.97 Å². The van der Waals surface area contributed by atoms with Gasteiger partial charge in [0.2, 0.25) is 0 Å². The largest absolute Gasteiger partial charge is 0.478 e. The molecule has 4 nitrogen and oxygen atoms in total. The lowest BCUT2D eigenvalue weighted by Gasteiger charge is -2.05. The Hall–Kier alpha value is -2.46. The molecule has 0 aliphatic heterocycles. The molecule has 0 amide bonds. The van der Waals surface area contributed by atoms with Gasteiger partial charge in [0.05, 0.1) is 16.8 Å². The molecule has 0 unspecified atom stereocenters. The van der Waals surface area contributed by atoms with Crippen LogP contribution in [0.15, 0.2) is 48.7 Å². The van der Waals surface area contributed by atoms with E-state index in [-0.39, 0.29) is 5.56 Å². The fourth-order valence-electron chi connectivity index (χ4n) is 2.04. The van der Waals surface area contributed by atoms with Crippen LogP contribution in [0.4, 0.5) is 0 Å². The summed E-state index contributed by atoms with van der Waals surface area (Å²) in [6.45, 7) is 0. The Bertz CT molecular complexity index is 818. The summed E-state index contributed by atoms with van der Waals surface area (Å²) in [4.78, 5) is 19.6. The highest BCUT2D eigenvalue weighted by atomic mass is 35.5. The van der Waals surface area contributed by atoms with Gasteiger partial charge in [-0.25, -0.2) is 14.8 Å². The summed E-state index contributed by atoms with van der Waals surface area (Å²) >= 11 is 5.86. The number of pyridine rings is 2. The van der Waals surface area contributed by atoms with Crippen molar-refractivity contribution in [2.45, 2.75) is 0 Å². The molecular formula is C15H9ClN2O2. The van der Waals surface area contributed by atoms with Crippen molar-refractivity contribution in [3.05, 3.63) is 59.4 Å². The average Bonchev–Trinajstić information content (AvgIpc) is 2.46. The fraction of sp³-hybridized carbons (Fsp3) is 0. The van der Waals surface area contributed by atoms with Gasteiger partial charge in [0, 0.05) is 17.1 Å². The predicted octanol–water partition coefficient (Wildman–Crippen LogP) is 3.65. The van der Waals surface area contributed by atoms with Gasteiger partial charge in [0.25, 0.3) is 0 Å². The minimum Gasteiger partial charge on any atom is -0.478 e. The van der Waals surface area contributed by atoms with Crippen molar-refractivity contribution in [1.29, 1.82) is 0 Å². The maximum atomic E-state index is 11.2. The van der Waals surface area contributed by atoms with E-state index in [1.165, 1.54) is 0 Å². The number of aromatic nitrogens is 2. The van der Waals surface area contributed by atoms with Crippen molar-refractivity contribution in [2.24, 2.45) is 0 Å². The van der Waals surface area contributed by atoms with Crippen LogP contribution in [0, 0.1) is 0 Å². The molecule has 0 fully saturated rings. The maximum absolute atomic E-state index is 11.2. The van der Waals surface area contributed by atoms with Crippen molar-refractivity contribution in [3.8, 4) is 11.3 Å². The normalized spacial score (nSPS) is 10.7. The number of aromatic carboxylic acids is 1. The van der Waals surface area contributed by atoms with E-state index < -0.39 is 5.97 Å².